The van der Waals surface area contributed by atoms with Crippen molar-refractivity contribution in [2.75, 3.05) is 0 Å². The lowest BCUT2D eigenvalue weighted by Gasteiger charge is -2.18. The number of allylic oxidation sites excluding steroid dienone is 2. The van der Waals surface area contributed by atoms with Crippen LogP contribution in [0.5, 0.6) is 0 Å². The Morgan fingerprint density at radius 1 is 1.00 bits per heavy atom. The van der Waals surface area contributed by atoms with Crippen molar-refractivity contribution in [1.29, 1.82) is 0 Å². The van der Waals surface area contributed by atoms with Gasteiger partial charge >= 0.3 is 6.18 Å². The highest BCUT2D eigenvalue weighted by Gasteiger charge is 2.39. The van der Waals surface area contributed by atoms with E-state index in [1.165, 1.54) is 0 Å². The van der Waals surface area contributed by atoms with Gasteiger partial charge in [0.2, 0.25) is 0 Å². The van der Waals surface area contributed by atoms with Gasteiger partial charge in [0.25, 0.3) is 0 Å². The second-order valence-corrected chi connectivity index (χ2v) is 5.82. The zero-order valence-corrected chi connectivity index (χ0v) is 12.2. The number of benzene rings is 2. The van der Waals surface area contributed by atoms with E-state index in [4.69, 9.17) is 4.42 Å². The van der Waals surface area contributed by atoms with Crippen molar-refractivity contribution in [3.8, 4) is 0 Å². The molecule has 0 fully saturated rings. The smallest absolute Gasteiger partial charge is 0.420 e. The Morgan fingerprint density at radius 3 is 2.48 bits per heavy atom. The number of halogens is 4. The van der Waals surface area contributed by atoms with E-state index in [-0.39, 0.29) is 23.2 Å². The topological polar surface area (TPSA) is 13.1 Å². The molecule has 0 radical (unpaired) electrons. The van der Waals surface area contributed by atoms with Gasteiger partial charge in [-0.1, -0.05) is 24.3 Å². The van der Waals surface area contributed by atoms with Crippen LogP contribution in [0, 0.1) is 12.7 Å². The summed E-state index contributed by atoms with van der Waals surface area (Å²) in [7, 11) is 0. The van der Waals surface area contributed by atoms with E-state index in [0.717, 1.165) is 0 Å². The van der Waals surface area contributed by atoms with Crippen molar-refractivity contribution in [2.45, 2.75) is 25.9 Å². The minimum absolute atomic E-state index is 0.110. The summed E-state index contributed by atoms with van der Waals surface area (Å²) in [6.07, 6.45) is -0.333. The molecular weight excluding hydrogens is 308 g/mol. The van der Waals surface area contributed by atoms with Crippen LogP contribution < -0.4 is 0 Å². The maximum Gasteiger partial charge on any atom is 0.420 e. The molecule has 0 amide bonds. The van der Waals surface area contributed by atoms with E-state index in [1.807, 2.05) is 6.08 Å². The molecule has 4 rings (SSSR count). The first-order valence-electron chi connectivity index (χ1n) is 7.26. The van der Waals surface area contributed by atoms with Gasteiger partial charge in [-0.15, -0.1) is 0 Å². The number of hydrogen-bond donors (Lipinski definition) is 0. The standard InChI is InChI=1S/C18H12F4O/c1-9-6-7-12-13-8-10-4-2-3-5-11(10)14(18(20,21)22)16(13)23-17(12)15(9)19/h2-3,6-8H,4-5H2,1H3. The van der Waals surface area contributed by atoms with Crippen LogP contribution in [0.3, 0.4) is 0 Å². The highest BCUT2D eigenvalue weighted by molar-refractivity contribution is 6.07. The third-order valence-corrected chi connectivity index (χ3v) is 4.37. The number of hydrogen-bond acceptors (Lipinski definition) is 1. The fraction of sp³-hybridized carbons (Fsp3) is 0.222. The van der Waals surface area contributed by atoms with Crippen molar-refractivity contribution in [1.82, 2.24) is 0 Å². The van der Waals surface area contributed by atoms with E-state index in [9.17, 15) is 17.6 Å². The summed E-state index contributed by atoms with van der Waals surface area (Å²) < 4.78 is 60.5. The van der Waals surface area contributed by atoms with Gasteiger partial charge in [0, 0.05) is 10.8 Å². The monoisotopic (exact) mass is 320 g/mol. The summed E-state index contributed by atoms with van der Waals surface area (Å²) in [4.78, 5) is 0. The molecule has 0 unspecified atom stereocenters. The van der Waals surface area contributed by atoms with Crippen molar-refractivity contribution in [3.63, 3.8) is 0 Å². The molecule has 5 heteroatoms. The maximum absolute atomic E-state index is 14.3. The molecule has 0 N–H and O–H groups in total. The van der Waals surface area contributed by atoms with E-state index in [2.05, 4.69) is 0 Å². The van der Waals surface area contributed by atoms with Crippen LogP contribution in [-0.2, 0) is 19.0 Å². The van der Waals surface area contributed by atoms with E-state index in [0.29, 0.717) is 28.3 Å². The van der Waals surface area contributed by atoms with Crippen LogP contribution in [-0.4, -0.2) is 0 Å². The van der Waals surface area contributed by atoms with Crippen LogP contribution in [0.2, 0.25) is 0 Å². The molecule has 118 valence electrons. The lowest BCUT2D eigenvalue weighted by atomic mass is 9.90. The third kappa shape index (κ3) is 1.99. The van der Waals surface area contributed by atoms with Crippen molar-refractivity contribution in [2.24, 2.45) is 0 Å². The van der Waals surface area contributed by atoms with Gasteiger partial charge in [0.05, 0.1) is 0 Å². The van der Waals surface area contributed by atoms with Gasteiger partial charge < -0.3 is 4.42 Å². The van der Waals surface area contributed by atoms with Gasteiger partial charge in [-0.2, -0.15) is 13.2 Å². The van der Waals surface area contributed by atoms with Crippen LogP contribution in [0.15, 0.2) is 34.8 Å². The van der Waals surface area contributed by atoms with E-state index >= 15 is 0 Å². The largest absolute Gasteiger partial charge is 0.452 e. The Hall–Kier alpha value is -2.30. The number of aryl methyl sites for hydroxylation is 1. The summed E-state index contributed by atoms with van der Waals surface area (Å²) >= 11 is 0. The molecule has 1 aliphatic carbocycles. The molecule has 23 heavy (non-hydrogen) atoms. The minimum Gasteiger partial charge on any atom is -0.452 e. The Bertz CT molecular complexity index is 976. The Balaban J connectivity index is 2.21. The van der Waals surface area contributed by atoms with Crippen molar-refractivity contribution >= 4 is 21.9 Å². The van der Waals surface area contributed by atoms with Gasteiger partial charge in [0.15, 0.2) is 11.4 Å². The lowest BCUT2D eigenvalue weighted by molar-refractivity contribution is -0.137. The summed E-state index contributed by atoms with van der Waals surface area (Å²) in [6.45, 7) is 1.56. The summed E-state index contributed by atoms with van der Waals surface area (Å²) in [5, 5.41) is 0.700. The van der Waals surface area contributed by atoms with Crippen LogP contribution in [0.1, 0.15) is 22.3 Å². The number of rotatable bonds is 0. The average molecular weight is 320 g/mol. The molecular formula is C18H12F4O. The number of alkyl halides is 3. The number of furan rings is 1. The van der Waals surface area contributed by atoms with Crippen LogP contribution in [0.25, 0.3) is 21.9 Å². The Morgan fingerprint density at radius 2 is 1.74 bits per heavy atom. The third-order valence-electron chi connectivity index (χ3n) is 4.37. The zero-order chi connectivity index (χ0) is 16.4. The van der Waals surface area contributed by atoms with Gasteiger partial charge in [-0.05, 0) is 42.5 Å². The first-order chi connectivity index (χ1) is 10.9. The van der Waals surface area contributed by atoms with Crippen molar-refractivity contribution < 1.29 is 22.0 Å². The molecule has 0 saturated carbocycles. The number of fused-ring (bicyclic) bond motifs is 4. The zero-order valence-electron chi connectivity index (χ0n) is 12.2. The van der Waals surface area contributed by atoms with Crippen LogP contribution in [0.4, 0.5) is 17.6 Å². The molecule has 0 saturated heterocycles. The summed E-state index contributed by atoms with van der Waals surface area (Å²) in [6, 6.07) is 4.87. The molecule has 0 bridgehead atoms. The summed E-state index contributed by atoms with van der Waals surface area (Å²) in [5.74, 6) is -0.608. The average Bonchev–Trinajstić information content (AvgIpc) is 2.86. The second kappa shape index (κ2) is 4.60. The lowest BCUT2D eigenvalue weighted by Crippen LogP contribution is -2.13. The molecule has 3 aromatic rings. The molecule has 1 aromatic heterocycles. The van der Waals surface area contributed by atoms with Crippen LogP contribution >= 0.6 is 0 Å². The molecule has 0 aliphatic heterocycles. The highest BCUT2D eigenvalue weighted by Crippen LogP contribution is 2.44. The fourth-order valence-electron chi connectivity index (χ4n) is 3.26. The molecule has 2 aromatic carbocycles. The highest BCUT2D eigenvalue weighted by atomic mass is 19.4. The Kier molecular flexibility index (Phi) is 2.86. The fourth-order valence-corrected chi connectivity index (χ4v) is 3.26. The molecule has 0 atom stereocenters. The Labute approximate surface area is 129 Å². The molecule has 0 spiro atoms. The predicted molar refractivity (Wildman–Crippen MR) is 80.0 cm³/mol. The van der Waals surface area contributed by atoms with E-state index < -0.39 is 17.6 Å². The SMILES string of the molecule is Cc1ccc2c(oc3c(C(F)(F)F)c4c(cc32)CC=CC4)c1F. The van der Waals surface area contributed by atoms with Gasteiger partial charge in [0.1, 0.15) is 11.1 Å². The van der Waals surface area contributed by atoms with Crippen molar-refractivity contribution in [3.05, 3.63) is 58.4 Å². The quantitative estimate of drug-likeness (QED) is 0.382. The first kappa shape index (κ1) is 14.3. The normalized spacial score (nSPS) is 14.7. The van der Waals surface area contributed by atoms with Gasteiger partial charge in [-0.25, -0.2) is 4.39 Å². The maximum atomic E-state index is 14.3. The second-order valence-electron chi connectivity index (χ2n) is 5.82. The molecule has 1 heterocycles. The summed E-state index contributed by atoms with van der Waals surface area (Å²) in [5.41, 5.74) is 0.0331. The molecule has 1 nitrogen and oxygen atoms in total. The molecule has 1 aliphatic rings. The minimum atomic E-state index is -4.55. The predicted octanol–water partition coefficient (Wildman–Crippen LogP) is 5.71. The van der Waals surface area contributed by atoms with Gasteiger partial charge in [-0.3, -0.25) is 0 Å². The van der Waals surface area contributed by atoms with E-state index in [1.54, 1.807) is 31.2 Å². The first-order valence-corrected chi connectivity index (χ1v) is 7.26.